The van der Waals surface area contributed by atoms with Crippen LogP contribution in [0.2, 0.25) is 0 Å². The molecule has 0 unspecified atom stereocenters. The summed E-state index contributed by atoms with van der Waals surface area (Å²) in [6.45, 7) is 9.36. The second-order valence-corrected chi connectivity index (χ2v) is 12.6. The van der Waals surface area contributed by atoms with Crippen molar-refractivity contribution in [3.8, 4) is 0 Å². The van der Waals surface area contributed by atoms with E-state index in [0.29, 0.717) is 5.56 Å². The number of carboxylic acids is 1. The van der Waals surface area contributed by atoms with Gasteiger partial charge < -0.3 is 54.8 Å². The number of carbonyl (C=O) groups is 4. The minimum Gasteiger partial charge on any atom is -1.00 e. The number of hydrogen-bond acceptors (Lipinski definition) is 7. The van der Waals surface area contributed by atoms with E-state index in [-0.39, 0.29) is 61.9 Å². The number of carbonyl (C=O) groups excluding carboxylic acids is 3. The fourth-order valence-electron chi connectivity index (χ4n) is 4.49. The topological polar surface area (TPSA) is 148 Å². The summed E-state index contributed by atoms with van der Waals surface area (Å²) < 4.78 is 18.9. The summed E-state index contributed by atoms with van der Waals surface area (Å²) in [7, 11) is 0. The maximum absolute atomic E-state index is 12.0. The number of aromatic nitrogens is 2. The molecule has 4 rings (SSSR count). The molecule has 2 heterocycles. The fourth-order valence-corrected chi connectivity index (χ4v) is 4.49. The average molecular weight is 758 g/mol. The Bertz CT molecular complexity index is 1670. The first kappa shape index (κ1) is 44.8. The number of aromatic carboxylic acids is 1. The lowest BCUT2D eigenvalue weighted by atomic mass is 10.1. The molecule has 0 bridgehead atoms. The number of halogens is 2. The van der Waals surface area contributed by atoms with Crippen LogP contribution in [0.15, 0.2) is 110 Å². The molecule has 2 aromatic carbocycles. The van der Waals surface area contributed by atoms with E-state index in [1.807, 2.05) is 95.3 Å². The van der Waals surface area contributed by atoms with Crippen molar-refractivity contribution >= 4 is 24.1 Å². The van der Waals surface area contributed by atoms with Gasteiger partial charge in [0.1, 0.15) is 5.60 Å². The van der Waals surface area contributed by atoms with Crippen molar-refractivity contribution in [3.05, 3.63) is 132 Å². The van der Waals surface area contributed by atoms with E-state index < -0.39 is 23.8 Å². The van der Waals surface area contributed by atoms with Crippen molar-refractivity contribution in [3.63, 3.8) is 0 Å². The van der Waals surface area contributed by atoms with E-state index in [9.17, 15) is 19.2 Å². The van der Waals surface area contributed by atoms with Crippen molar-refractivity contribution in [1.29, 1.82) is 0 Å². The van der Waals surface area contributed by atoms with Crippen LogP contribution in [0.1, 0.15) is 66.5 Å². The minimum atomic E-state index is -0.995. The largest absolute Gasteiger partial charge is 1.00 e. The second kappa shape index (κ2) is 22.6. The fraction of sp³-hybridized carbons (Fsp3) is 0.316. The van der Waals surface area contributed by atoms with E-state index in [1.54, 1.807) is 46.1 Å². The van der Waals surface area contributed by atoms with E-state index in [4.69, 9.17) is 19.3 Å². The lowest BCUT2D eigenvalue weighted by Gasteiger charge is -2.19. The third-order valence-corrected chi connectivity index (χ3v) is 6.85. The zero-order valence-corrected chi connectivity index (χ0v) is 31.3. The van der Waals surface area contributed by atoms with Gasteiger partial charge in [-0.15, -0.1) is 0 Å². The molecule has 4 aromatic rings. The van der Waals surface area contributed by atoms with Crippen molar-refractivity contribution in [2.24, 2.45) is 0 Å². The molecule has 0 aliphatic rings. The zero-order valence-electron chi connectivity index (χ0n) is 29.8. The van der Waals surface area contributed by atoms with E-state index in [2.05, 4.69) is 10.6 Å². The standard InChI is InChI=1S/C21H26N2O4.C17H18N2O4.2ClH/c1-16(14-17-8-6-5-7-9-17)22-20(25)26-15-23-12-10-18(11-13-23)19(24)27-21(2,3)4;1-13(11-14-5-3-2-4-6-14)18-17(22)23-12-19-9-7-15(8-10-19)16(20)21;;/h5-13,16H,14-15H2,1-4H3;2-10,13H,11-12H2,1H3,(H-,18,20,21,22);2*1H/t16-;13-;;/m00../s1. The summed E-state index contributed by atoms with van der Waals surface area (Å²) in [5.74, 6) is -1.38. The monoisotopic (exact) mass is 756 g/mol. The molecule has 52 heavy (non-hydrogen) atoms. The maximum Gasteiger partial charge on any atom is 0.412 e. The summed E-state index contributed by atoms with van der Waals surface area (Å²) in [5.41, 5.74) is 2.38. The van der Waals surface area contributed by atoms with Crippen LogP contribution in [-0.4, -0.2) is 46.9 Å². The first-order chi connectivity index (χ1) is 23.8. The Morgan fingerprint density at radius 2 is 1.00 bits per heavy atom. The van der Waals surface area contributed by atoms with Gasteiger partial charge in [-0.2, -0.15) is 9.13 Å². The molecule has 280 valence electrons. The highest BCUT2D eigenvalue weighted by molar-refractivity contribution is 5.89. The summed E-state index contributed by atoms with van der Waals surface area (Å²) >= 11 is 0. The molecule has 0 aliphatic heterocycles. The van der Waals surface area contributed by atoms with Crippen molar-refractivity contribution in [1.82, 2.24) is 10.6 Å². The molecule has 2 aromatic heterocycles. The molecular weight excluding hydrogens is 711 g/mol. The first-order valence-electron chi connectivity index (χ1n) is 16.2. The van der Waals surface area contributed by atoms with Gasteiger partial charge in [-0.1, -0.05) is 60.7 Å². The number of hydrogen-bond donors (Lipinski definition) is 3. The molecule has 2 atom stereocenters. The SMILES string of the molecule is C[C@@H](Cc1ccccc1)NC(=O)OC[n+]1ccc(C(=O)O)cc1.C[C@@H](Cc1ccccc1)NC(=O)OC[n+]1ccc(C(=O)OC(C)(C)C)cc1.[Cl-].[Cl-]. The third kappa shape index (κ3) is 17.6. The van der Waals surface area contributed by atoms with Gasteiger partial charge in [0.15, 0.2) is 24.8 Å². The Hall–Kier alpha value is -5.20. The lowest BCUT2D eigenvalue weighted by Crippen LogP contribution is -3.00. The Balaban J connectivity index is 0.000000506. The van der Waals surface area contributed by atoms with Gasteiger partial charge in [0, 0.05) is 36.3 Å². The van der Waals surface area contributed by atoms with Crippen LogP contribution in [-0.2, 0) is 40.5 Å². The molecule has 0 radical (unpaired) electrons. The molecule has 2 amide bonds. The predicted octanol–water partition coefficient (Wildman–Crippen LogP) is -0.760. The highest BCUT2D eigenvalue weighted by atomic mass is 35.5. The Kier molecular flexibility index (Phi) is 19.5. The van der Waals surface area contributed by atoms with Gasteiger partial charge in [-0.3, -0.25) is 0 Å². The van der Waals surface area contributed by atoms with Gasteiger partial charge in [0.05, 0.1) is 11.1 Å². The lowest BCUT2D eigenvalue weighted by molar-refractivity contribution is -0.727. The number of benzene rings is 2. The molecule has 14 heteroatoms. The normalized spacial score (nSPS) is 11.4. The van der Waals surface area contributed by atoms with E-state index in [0.717, 1.165) is 24.0 Å². The molecule has 0 saturated carbocycles. The summed E-state index contributed by atoms with van der Waals surface area (Å²) in [5, 5.41) is 14.4. The number of nitrogens with one attached hydrogen (secondary N) is 2. The van der Waals surface area contributed by atoms with Crippen LogP contribution < -0.4 is 44.6 Å². The third-order valence-electron chi connectivity index (χ3n) is 6.85. The minimum absolute atomic E-state index is 0. The van der Waals surface area contributed by atoms with Gasteiger partial charge in [-0.25, -0.2) is 19.2 Å². The van der Waals surface area contributed by atoms with Crippen LogP contribution in [0.5, 0.6) is 0 Å². The van der Waals surface area contributed by atoms with Gasteiger partial charge in [0.2, 0.25) is 0 Å². The Morgan fingerprint density at radius 3 is 1.35 bits per heavy atom. The molecule has 3 N–H and O–H groups in total. The predicted molar refractivity (Wildman–Crippen MR) is 184 cm³/mol. The van der Waals surface area contributed by atoms with Crippen LogP contribution in [0.25, 0.3) is 0 Å². The number of nitrogens with zero attached hydrogens (tertiary/aromatic N) is 2. The maximum atomic E-state index is 12.0. The van der Waals surface area contributed by atoms with Crippen molar-refractivity contribution < 1.29 is 72.4 Å². The Morgan fingerprint density at radius 1 is 0.635 bits per heavy atom. The molecule has 0 aliphatic carbocycles. The zero-order chi connectivity index (χ0) is 36.5. The highest BCUT2D eigenvalue weighted by Gasteiger charge is 2.19. The van der Waals surface area contributed by atoms with Crippen LogP contribution in [0.3, 0.4) is 0 Å². The van der Waals surface area contributed by atoms with Crippen LogP contribution in [0.4, 0.5) is 9.59 Å². The summed E-state index contributed by atoms with van der Waals surface area (Å²) in [6, 6.07) is 25.9. The molecule has 0 fully saturated rings. The number of pyridine rings is 2. The van der Waals surface area contributed by atoms with Crippen molar-refractivity contribution in [2.75, 3.05) is 0 Å². The molecule has 12 nitrogen and oxygen atoms in total. The van der Waals surface area contributed by atoms with E-state index in [1.165, 1.54) is 12.1 Å². The number of alkyl carbamates (subject to hydrolysis) is 2. The summed E-state index contributed by atoms with van der Waals surface area (Å²) in [4.78, 5) is 46.4. The number of esters is 1. The van der Waals surface area contributed by atoms with Crippen LogP contribution >= 0.6 is 0 Å². The van der Waals surface area contributed by atoms with Gasteiger partial charge in [-0.05, 0) is 58.6 Å². The number of carboxylic acid groups (broad SMARTS) is 1. The van der Waals surface area contributed by atoms with Crippen molar-refractivity contribution in [2.45, 2.75) is 78.6 Å². The summed E-state index contributed by atoms with van der Waals surface area (Å²) in [6.07, 6.45) is 6.88. The van der Waals surface area contributed by atoms with Crippen LogP contribution in [0, 0.1) is 0 Å². The molecule has 0 spiro atoms. The molecular formula is C38H46Cl2N4O8. The van der Waals surface area contributed by atoms with Gasteiger partial charge in [0.25, 0.3) is 13.5 Å². The van der Waals surface area contributed by atoms with Gasteiger partial charge >= 0.3 is 24.1 Å². The first-order valence-corrected chi connectivity index (χ1v) is 16.2. The number of amides is 2. The highest BCUT2D eigenvalue weighted by Crippen LogP contribution is 2.11. The smallest absolute Gasteiger partial charge is 0.412 e. The number of rotatable bonds is 12. The van der Waals surface area contributed by atoms with E-state index >= 15 is 0 Å². The average Bonchev–Trinajstić information content (AvgIpc) is 3.07. The number of ether oxygens (including phenoxy) is 3. The Labute approximate surface area is 316 Å². The second-order valence-electron chi connectivity index (χ2n) is 12.6. The quantitative estimate of drug-likeness (QED) is 0.0972. The molecule has 0 saturated heterocycles.